The molecule has 0 saturated carbocycles. The van der Waals surface area contributed by atoms with Gasteiger partial charge in [0.05, 0.1) is 13.7 Å². The molecule has 1 heterocycles. The van der Waals surface area contributed by atoms with Gasteiger partial charge in [-0.25, -0.2) is 0 Å². The largest absolute Gasteiger partial charge is 0.497 e. The molecule has 0 atom stereocenters. The fraction of sp³-hybridized carbons (Fsp3) is 0.400. The topological polar surface area (TPSA) is 21.3 Å². The molecule has 15 heavy (non-hydrogen) atoms. The highest BCUT2D eigenvalue weighted by Gasteiger charge is 2.36. The third-order valence-electron chi connectivity index (χ3n) is 2.37. The minimum absolute atomic E-state index is 0. The Morgan fingerprint density at radius 3 is 2.80 bits per heavy atom. The van der Waals surface area contributed by atoms with Crippen LogP contribution in [0.3, 0.4) is 0 Å². The molecular formula is C10H12ClF2NO. The Labute approximate surface area is 93.0 Å². The lowest BCUT2D eigenvalue weighted by Gasteiger charge is -2.26. The van der Waals surface area contributed by atoms with E-state index in [0.717, 1.165) is 0 Å². The van der Waals surface area contributed by atoms with Gasteiger partial charge in [0.1, 0.15) is 5.75 Å². The predicted octanol–water partition coefficient (Wildman–Crippen LogP) is 2.31. The molecule has 1 aromatic rings. The first-order valence-electron chi connectivity index (χ1n) is 4.39. The van der Waals surface area contributed by atoms with Gasteiger partial charge in [0, 0.05) is 12.1 Å². The van der Waals surface area contributed by atoms with Crippen LogP contribution in [0.2, 0.25) is 0 Å². The van der Waals surface area contributed by atoms with Crippen LogP contribution in [0.25, 0.3) is 0 Å². The SMILES string of the molecule is COc1ccc2c(c1)C(F)(F)CNC2.Cl. The Bertz CT molecular complexity index is 357. The van der Waals surface area contributed by atoms with E-state index in [9.17, 15) is 8.78 Å². The summed E-state index contributed by atoms with van der Waals surface area (Å²) in [7, 11) is 1.47. The van der Waals surface area contributed by atoms with Crippen LogP contribution in [0.4, 0.5) is 8.78 Å². The normalized spacial score (nSPS) is 17.5. The molecule has 0 fully saturated rings. The summed E-state index contributed by atoms with van der Waals surface area (Å²) < 4.78 is 31.7. The molecule has 0 unspecified atom stereocenters. The van der Waals surface area contributed by atoms with Crippen LogP contribution in [0.15, 0.2) is 18.2 Å². The van der Waals surface area contributed by atoms with Gasteiger partial charge in [-0.05, 0) is 17.7 Å². The van der Waals surface area contributed by atoms with E-state index < -0.39 is 5.92 Å². The predicted molar refractivity (Wildman–Crippen MR) is 55.8 cm³/mol. The highest BCUT2D eigenvalue weighted by atomic mass is 35.5. The number of rotatable bonds is 1. The van der Waals surface area contributed by atoms with Crippen LogP contribution in [-0.4, -0.2) is 13.7 Å². The zero-order valence-electron chi connectivity index (χ0n) is 8.22. The smallest absolute Gasteiger partial charge is 0.285 e. The molecule has 0 bridgehead atoms. The maximum absolute atomic E-state index is 13.4. The summed E-state index contributed by atoms with van der Waals surface area (Å²) in [6, 6.07) is 4.78. The molecule has 0 amide bonds. The van der Waals surface area contributed by atoms with E-state index in [1.54, 1.807) is 12.1 Å². The molecule has 1 N–H and O–H groups in total. The van der Waals surface area contributed by atoms with Gasteiger partial charge in [0.15, 0.2) is 0 Å². The minimum Gasteiger partial charge on any atom is -0.497 e. The monoisotopic (exact) mass is 235 g/mol. The molecule has 84 valence electrons. The number of methoxy groups -OCH3 is 1. The highest BCUT2D eigenvalue weighted by Crippen LogP contribution is 2.35. The third-order valence-corrected chi connectivity index (χ3v) is 2.37. The lowest BCUT2D eigenvalue weighted by Crippen LogP contribution is -2.36. The van der Waals surface area contributed by atoms with Crippen LogP contribution in [-0.2, 0) is 12.5 Å². The van der Waals surface area contributed by atoms with Crippen molar-refractivity contribution in [3.8, 4) is 5.75 Å². The Morgan fingerprint density at radius 2 is 2.13 bits per heavy atom. The van der Waals surface area contributed by atoms with Gasteiger partial charge >= 0.3 is 0 Å². The zero-order chi connectivity index (χ0) is 10.2. The molecule has 5 heteroatoms. The number of benzene rings is 1. The van der Waals surface area contributed by atoms with Crippen molar-refractivity contribution >= 4 is 12.4 Å². The summed E-state index contributed by atoms with van der Waals surface area (Å²) >= 11 is 0. The number of nitrogens with one attached hydrogen (secondary N) is 1. The van der Waals surface area contributed by atoms with E-state index in [1.165, 1.54) is 13.2 Å². The number of hydrogen-bond acceptors (Lipinski definition) is 2. The quantitative estimate of drug-likeness (QED) is 0.807. The average molecular weight is 236 g/mol. The van der Waals surface area contributed by atoms with Crippen molar-refractivity contribution in [1.29, 1.82) is 0 Å². The Morgan fingerprint density at radius 1 is 1.40 bits per heavy atom. The summed E-state index contributed by atoms with van der Waals surface area (Å²) in [5, 5.41) is 2.68. The van der Waals surface area contributed by atoms with Crippen LogP contribution in [0.1, 0.15) is 11.1 Å². The van der Waals surface area contributed by atoms with Crippen molar-refractivity contribution in [3.05, 3.63) is 29.3 Å². The number of alkyl halides is 2. The van der Waals surface area contributed by atoms with E-state index in [-0.39, 0.29) is 24.5 Å². The van der Waals surface area contributed by atoms with Gasteiger partial charge in [-0.3, -0.25) is 0 Å². The maximum Gasteiger partial charge on any atom is 0.285 e. The average Bonchev–Trinajstić information content (AvgIpc) is 2.17. The Balaban J connectivity index is 0.00000112. The van der Waals surface area contributed by atoms with Gasteiger partial charge in [-0.2, -0.15) is 8.78 Å². The molecule has 1 aliphatic rings. The molecule has 0 saturated heterocycles. The second-order valence-corrected chi connectivity index (χ2v) is 3.33. The zero-order valence-corrected chi connectivity index (χ0v) is 9.04. The van der Waals surface area contributed by atoms with Crippen LogP contribution in [0.5, 0.6) is 5.75 Å². The first-order valence-corrected chi connectivity index (χ1v) is 4.39. The summed E-state index contributed by atoms with van der Waals surface area (Å²) in [4.78, 5) is 0. The molecule has 0 spiro atoms. The maximum atomic E-state index is 13.4. The summed E-state index contributed by atoms with van der Waals surface area (Å²) in [6.07, 6.45) is 0. The van der Waals surface area contributed by atoms with Gasteiger partial charge in [0.2, 0.25) is 0 Å². The van der Waals surface area contributed by atoms with Gasteiger partial charge in [0.25, 0.3) is 5.92 Å². The standard InChI is InChI=1S/C10H11F2NO.ClH/c1-14-8-3-2-7-5-13-6-10(11,12)9(7)4-8;/h2-4,13H,5-6H2,1H3;1H. The van der Waals surface area contributed by atoms with E-state index in [0.29, 0.717) is 17.9 Å². The lowest BCUT2D eigenvalue weighted by atomic mass is 9.98. The molecule has 0 radical (unpaired) electrons. The van der Waals surface area contributed by atoms with Crippen molar-refractivity contribution in [1.82, 2.24) is 5.32 Å². The Hall–Kier alpha value is -0.870. The fourth-order valence-corrected chi connectivity index (χ4v) is 1.63. The summed E-state index contributed by atoms with van der Waals surface area (Å²) in [6.45, 7) is 0.197. The van der Waals surface area contributed by atoms with E-state index in [2.05, 4.69) is 5.32 Å². The van der Waals surface area contributed by atoms with Crippen LogP contribution in [0, 0.1) is 0 Å². The molecule has 0 aromatic heterocycles. The molecule has 2 rings (SSSR count). The number of hydrogen-bond donors (Lipinski definition) is 1. The second kappa shape index (κ2) is 4.33. The van der Waals surface area contributed by atoms with E-state index >= 15 is 0 Å². The summed E-state index contributed by atoms with van der Waals surface area (Å²) in [5.41, 5.74) is 0.720. The Kier molecular flexibility index (Phi) is 3.52. The van der Waals surface area contributed by atoms with Gasteiger partial charge in [-0.1, -0.05) is 6.07 Å². The van der Waals surface area contributed by atoms with E-state index in [1.807, 2.05) is 0 Å². The molecule has 0 aliphatic carbocycles. The molecular weight excluding hydrogens is 224 g/mol. The molecule has 2 nitrogen and oxygen atoms in total. The first kappa shape index (κ1) is 12.2. The molecule has 1 aliphatic heterocycles. The van der Waals surface area contributed by atoms with Crippen molar-refractivity contribution in [2.24, 2.45) is 0 Å². The fourth-order valence-electron chi connectivity index (χ4n) is 1.63. The van der Waals surface area contributed by atoms with Crippen LogP contribution >= 0.6 is 12.4 Å². The second-order valence-electron chi connectivity index (χ2n) is 3.33. The number of halogens is 3. The minimum atomic E-state index is -2.79. The van der Waals surface area contributed by atoms with Gasteiger partial charge in [-0.15, -0.1) is 12.4 Å². The van der Waals surface area contributed by atoms with E-state index in [4.69, 9.17) is 4.74 Å². The third kappa shape index (κ3) is 2.21. The van der Waals surface area contributed by atoms with Crippen molar-refractivity contribution in [3.63, 3.8) is 0 Å². The van der Waals surface area contributed by atoms with Crippen molar-refractivity contribution in [2.45, 2.75) is 12.5 Å². The van der Waals surface area contributed by atoms with Gasteiger partial charge < -0.3 is 10.1 Å². The molecule has 1 aromatic carbocycles. The van der Waals surface area contributed by atoms with Crippen molar-refractivity contribution < 1.29 is 13.5 Å². The number of ether oxygens (including phenoxy) is 1. The first-order chi connectivity index (χ1) is 6.63. The lowest BCUT2D eigenvalue weighted by molar-refractivity contribution is -0.0109. The summed E-state index contributed by atoms with van der Waals surface area (Å²) in [5.74, 6) is -2.31. The van der Waals surface area contributed by atoms with Crippen LogP contribution < -0.4 is 10.1 Å². The van der Waals surface area contributed by atoms with Crippen molar-refractivity contribution in [2.75, 3.05) is 13.7 Å². The highest BCUT2D eigenvalue weighted by molar-refractivity contribution is 5.85. The number of fused-ring (bicyclic) bond motifs is 1.